The Morgan fingerprint density at radius 1 is 1.40 bits per heavy atom. The average molecular weight is 274 g/mol. The van der Waals surface area contributed by atoms with Gasteiger partial charge in [0.15, 0.2) is 11.5 Å². The summed E-state index contributed by atoms with van der Waals surface area (Å²) in [5, 5.41) is 11.9. The standard InChI is InChI=1S/C15H18N2O3/c1-3-15(2,10-16)14(18)17-11-5-6-12-13(9-11)20-8-4-7-19-12/h5-6,9H,3-4,7-8H2,1-2H3,(H,17,18). The van der Waals surface area contributed by atoms with Crippen LogP contribution in [0.1, 0.15) is 26.7 Å². The van der Waals surface area contributed by atoms with E-state index in [4.69, 9.17) is 14.7 Å². The molecule has 1 unspecified atom stereocenters. The molecule has 1 aromatic carbocycles. The fourth-order valence-corrected chi connectivity index (χ4v) is 1.80. The van der Waals surface area contributed by atoms with Crippen LogP contribution in [0.25, 0.3) is 0 Å². The van der Waals surface area contributed by atoms with E-state index < -0.39 is 5.41 Å². The molecule has 1 heterocycles. The number of nitrogens with one attached hydrogen (secondary N) is 1. The smallest absolute Gasteiger partial charge is 0.244 e. The topological polar surface area (TPSA) is 71.4 Å². The van der Waals surface area contributed by atoms with E-state index in [1.54, 1.807) is 25.1 Å². The maximum atomic E-state index is 12.1. The minimum atomic E-state index is -1.02. The highest BCUT2D eigenvalue weighted by Gasteiger charge is 2.31. The summed E-state index contributed by atoms with van der Waals surface area (Å²) in [6.07, 6.45) is 1.29. The molecule has 2 rings (SSSR count). The molecule has 0 aromatic heterocycles. The van der Waals surface area contributed by atoms with Crippen LogP contribution in [-0.4, -0.2) is 19.1 Å². The van der Waals surface area contributed by atoms with Gasteiger partial charge in [0.2, 0.25) is 5.91 Å². The Morgan fingerprint density at radius 2 is 2.10 bits per heavy atom. The van der Waals surface area contributed by atoms with E-state index in [2.05, 4.69) is 11.4 Å². The van der Waals surface area contributed by atoms with Crippen molar-refractivity contribution >= 4 is 11.6 Å². The van der Waals surface area contributed by atoms with E-state index in [1.807, 2.05) is 6.92 Å². The van der Waals surface area contributed by atoms with E-state index in [1.165, 1.54) is 0 Å². The van der Waals surface area contributed by atoms with Crippen molar-refractivity contribution in [3.63, 3.8) is 0 Å². The first-order valence-electron chi connectivity index (χ1n) is 6.71. The van der Waals surface area contributed by atoms with Crippen LogP contribution >= 0.6 is 0 Å². The van der Waals surface area contributed by atoms with Crippen LogP contribution in [0, 0.1) is 16.7 Å². The van der Waals surface area contributed by atoms with Gasteiger partial charge in [-0.15, -0.1) is 0 Å². The van der Waals surface area contributed by atoms with Crippen molar-refractivity contribution in [2.45, 2.75) is 26.7 Å². The third-order valence-electron chi connectivity index (χ3n) is 3.46. The highest BCUT2D eigenvalue weighted by atomic mass is 16.5. The number of fused-ring (bicyclic) bond motifs is 1. The Labute approximate surface area is 118 Å². The molecule has 5 nitrogen and oxygen atoms in total. The van der Waals surface area contributed by atoms with Crippen LogP contribution in [0.2, 0.25) is 0 Å². The Balaban J connectivity index is 2.17. The summed E-state index contributed by atoms with van der Waals surface area (Å²) in [7, 11) is 0. The zero-order valence-corrected chi connectivity index (χ0v) is 11.7. The van der Waals surface area contributed by atoms with Gasteiger partial charge in [-0.3, -0.25) is 4.79 Å². The summed E-state index contributed by atoms with van der Waals surface area (Å²) in [6, 6.07) is 7.30. The Hall–Kier alpha value is -2.22. The summed E-state index contributed by atoms with van der Waals surface area (Å²) in [5.41, 5.74) is -0.418. The van der Waals surface area contributed by atoms with Crippen molar-refractivity contribution < 1.29 is 14.3 Å². The number of benzene rings is 1. The molecule has 1 aliphatic rings. The highest BCUT2D eigenvalue weighted by molar-refractivity contribution is 5.97. The van der Waals surface area contributed by atoms with E-state index >= 15 is 0 Å². The third kappa shape index (κ3) is 2.85. The number of carbonyl (C=O) groups excluding carboxylic acids is 1. The zero-order valence-electron chi connectivity index (χ0n) is 11.7. The summed E-state index contributed by atoms with van der Waals surface area (Å²) in [5.74, 6) is 0.992. The maximum Gasteiger partial charge on any atom is 0.244 e. The minimum absolute atomic E-state index is 0.308. The fourth-order valence-electron chi connectivity index (χ4n) is 1.80. The molecule has 0 fully saturated rings. The van der Waals surface area contributed by atoms with Gasteiger partial charge in [0.05, 0.1) is 19.3 Å². The second-order valence-electron chi connectivity index (χ2n) is 4.96. The van der Waals surface area contributed by atoms with Gasteiger partial charge >= 0.3 is 0 Å². The first-order valence-corrected chi connectivity index (χ1v) is 6.71. The van der Waals surface area contributed by atoms with E-state index in [0.29, 0.717) is 36.8 Å². The van der Waals surface area contributed by atoms with E-state index in [0.717, 1.165) is 6.42 Å². The molecule has 0 bridgehead atoms. The van der Waals surface area contributed by atoms with Crippen LogP contribution in [0.3, 0.4) is 0 Å². The lowest BCUT2D eigenvalue weighted by molar-refractivity contribution is -0.122. The molecular formula is C15H18N2O3. The first-order chi connectivity index (χ1) is 9.59. The zero-order chi connectivity index (χ0) is 14.6. The first kappa shape index (κ1) is 14.2. The van der Waals surface area contributed by atoms with Gasteiger partial charge < -0.3 is 14.8 Å². The number of carbonyl (C=O) groups is 1. The lowest BCUT2D eigenvalue weighted by atomic mass is 9.88. The van der Waals surface area contributed by atoms with Crippen molar-refractivity contribution in [1.29, 1.82) is 5.26 Å². The Morgan fingerprint density at radius 3 is 2.75 bits per heavy atom. The van der Waals surface area contributed by atoms with Crippen LogP contribution in [0.15, 0.2) is 18.2 Å². The SMILES string of the molecule is CCC(C)(C#N)C(=O)Nc1ccc2c(c1)OCCCO2. The predicted octanol–water partition coefficient (Wildman–Crippen LogP) is 2.73. The molecule has 1 N–H and O–H groups in total. The van der Waals surface area contributed by atoms with Gasteiger partial charge in [-0.1, -0.05) is 6.92 Å². The lowest BCUT2D eigenvalue weighted by Gasteiger charge is -2.19. The Bertz CT molecular complexity index is 551. The number of nitrogens with zero attached hydrogens (tertiary/aromatic N) is 1. The normalized spacial score (nSPS) is 16.4. The van der Waals surface area contributed by atoms with Crippen LogP contribution in [-0.2, 0) is 4.79 Å². The van der Waals surface area contributed by atoms with Crippen LogP contribution < -0.4 is 14.8 Å². The molecule has 0 saturated heterocycles. The molecule has 0 spiro atoms. The minimum Gasteiger partial charge on any atom is -0.490 e. The largest absolute Gasteiger partial charge is 0.490 e. The molecule has 0 saturated carbocycles. The number of amides is 1. The summed E-state index contributed by atoms with van der Waals surface area (Å²) in [6.45, 7) is 4.67. The monoisotopic (exact) mass is 274 g/mol. The number of anilines is 1. The maximum absolute atomic E-state index is 12.1. The predicted molar refractivity (Wildman–Crippen MR) is 74.7 cm³/mol. The highest BCUT2D eigenvalue weighted by Crippen LogP contribution is 2.33. The molecule has 1 aromatic rings. The number of nitriles is 1. The van der Waals surface area contributed by atoms with Gasteiger partial charge in [-0.2, -0.15) is 5.26 Å². The lowest BCUT2D eigenvalue weighted by Crippen LogP contribution is -2.31. The third-order valence-corrected chi connectivity index (χ3v) is 3.46. The molecule has 20 heavy (non-hydrogen) atoms. The molecule has 1 amide bonds. The van der Waals surface area contributed by atoms with Crippen molar-refractivity contribution in [3.8, 4) is 17.6 Å². The number of hydrogen-bond donors (Lipinski definition) is 1. The average Bonchev–Trinajstić information content (AvgIpc) is 2.71. The summed E-state index contributed by atoms with van der Waals surface area (Å²) >= 11 is 0. The molecule has 0 aliphatic carbocycles. The van der Waals surface area contributed by atoms with Gasteiger partial charge in [-0.25, -0.2) is 0 Å². The molecule has 106 valence electrons. The van der Waals surface area contributed by atoms with Crippen molar-refractivity contribution in [2.24, 2.45) is 5.41 Å². The van der Waals surface area contributed by atoms with Crippen molar-refractivity contribution in [1.82, 2.24) is 0 Å². The van der Waals surface area contributed by atoms with E-state index in [-0.39, 0.29) is 5.91 Å². The second kappa shape index (κ2) is 5.83. The molecular weight excluding hydrogens is 256 g/mol. The number of rotatable bonds is 3. The van der Waals surface area contributed by atoms with Crippen molar-refractivity contribution in [2.75, 3.05) is 18.5 Å². The quantitative estimate of drug-likeness (QED) is 0.920. The van der Waals surface area contributed by atoms with Gasteiger partial charge in [0, 0.05) is 18.2 Å². The van der Waals surface area contributed by atoms with Gasteiger partial charge in [-0.05, 0) is 25.5 Å². The van der Waals surface area contributed by atoms with Crippen LogP contribution in [0.5, 0.6) is 11.5 Å². The molecule has 1 aliphatic heterocycles. The second-order valence-corrected chi connectivity index (χ2v) is 4.96. The van der Waals surface area contributed by atoms with Crippen LogP contribution in [0.4, 0.5) is 5.69 Å². The summed E-state index contributed by atoms with van der Waals surface area (Å²) < 4.78 is 11.1. The molecule has 5 heteroatoms. The van der Waals surface area contributed by atoms with Crippen molar-refractivity contribution in [3.05, 3.63) is 18.2 Å². The van der Waals surface area contributed by atoms with Gasteiger partial charge in [0.1, 0.15) is 5.41 Å². The fraction of sp³-hybridized carbons (Fsp3) is 0.467. The van der Waals surface area contributed by atoms with E-state index in [9.17, 15) is 4.79 Å². The van der Waals surface area contributed by atoms with Gasteiger partial charge in [0.25, 0.3) is 0 Å². The summed E-state index contributed by atoms with van der Waals surface area (Å²) in [4.78, 5) is 12.1. The number of hydrogen-bond acceptors (Lipinski definition) is 4. The molecule has 0 radical (unpaired) electrons. The Kier molecular flexibility index (Phi) is 4.14. The molecule has 1 atom stereocenters. The number of ether oxygens (including phenoxy) is 2.